The van der Waals surface area contributed by atoms with Gasteiger partial charge in [-0.3, -0.25) is 0 Å². The SMILES string of the molecule is COc1c(O)cc(Br)c(C)c1C1(N)CCCC1. The largest absolute Gasteiger partial charge is 0.504 e. The molecule has 0 bridgehead atoms. The molecular weight excluding hydrogens is 282 g/mol. The van der Waals surface area contributed by atoms with Crippen LogP contribution in [0.15, 0.2) is 10.5 Å². The molecule has 0 amide bonds. The lowest BCUT2D eigenvalue weighted by molar-refractivity contribution is 0.348. The fourth-order valence-corrected chi connectivity index (χ4v) is 3.19. The number of ether oxygens (including phenoxy) is 1. The van der Waals surface area contributed by atoms with Crippen LogP contribution in [0.4, 0.5) is 0 Å². The summed E-state index contributed by atoms with van der Waals surface area (Å²) < 4.78 is 6.22. The minimum Gasteiger partial charge on any atom is -0.504 e. The van der Waals surface area contributed by atoms with E-state index in [0.717, 1.165) is 41.3 Å². The first-order chi connectivity index (χ1) is 7.99. The molecular formula is C13H18BrNO2. The molecule has 0 aliphatic heterocycles. The summed E-state index contributed by atoms with van der Waals surface area (Å²) in [6, 6.07) is 1.66. The quantitative estimate of drug-likeness (QED) is 0.882. The van der Waals surface area contributed by atoms with Gasteiger partial charge in [-0.2, -0.15) is 0 Å². The highest BCUT2D eigenvalue weighted by Gasteiger charge is 2.36. The third-order valence-electron chi connectivity index (χ3n) is 3.65. The Morgan fingerprint density at radius 3 is 2.53 bits per heavy atom. The van der Waals surface area contributed by atoms with Crippen LogP contribution in [0.5, 0.6) is 11.5 Å². The molecule has 1 saturated carbocycles. The van der Waals surface area contributed by atoms with Gasteiger partial charge in [0.2, 0.25) is 0 Å². The van der Waals surface area contributed by atoms with Crippen LogP contribution in [0.3, 0.4) is 0 Å². The number of hydrogen-bond acceptors (Lipinski definition) is 3. The summed E-state index contributed by atoms with van der Waals surface area (Å²) >= 11 is 3.46. The summed E-state index contributed by atoms with van der Waals surface area (Å²) in [5.41, 5.74) is 8.13. The first-order valence-electron chi connectivity index (χ1n) is 5.85. The van der Waals surface area contributed by atoms with Gasteiger partial charge in [-0.15, -0.1) is 0 Å². The van der Waals surface area contributed by atoms with E-state index < -0.39 is 0 Å². The topological polar surface area (TPSA) is 55.5 Å². The lowest BCUT2D eigenvalue weighted by Gasteiger charge is -2.29. The molecule has 1 aromatic rings. The van der Waals surface area contributed by atoms with Crippen molar-refractivity contribution in [2.45, 2.75) is 38.1 Å². The van der Waals surface area contributed by atoms with Gasteiger partial charge in [0.15, 0.2) is 11.5 Å². The fourth-order valence-electron chi connectivity index (χ4n) is 2.77. The molecule has 17 heavy (non-hydrogen) atoms. The van der Waals surface area contributed by atoms with Crippen molar-refractivity contribution in [2.24, 2.45) is 5.73 Å². The summed E-state index contributed by atoms with van der Waals surface area (Å²) in [6.45, 7) is 2.01. The van der Waals surface area contributed by atoms with Crippen molar-refractivity contribution in [3.63, 3.8) is 0 Å². The van der Waals surface area contributed by atoms with Crippen molar-refractivity contribution >= 4 is 15.9 Å². The second kappa shape index (κ2) is 4.50. The second-order valence-corrected chi connectivity index (χ2v) is 5.63. The van der Waals surface area contributed by atoms with Gasteiger partial charge in [-0.25, -0.2) is 0 Å². The molecule has 0 unspecified atom stereocenters. The van der Waals surface area contributed by atoms with Crippen molar-refractivity contribution in [3.05, 3.63) is 21.7 Å². The van der Waals surface area contributed by atoms with Crippen LogP contribution in [-0.2, 0) is 5.54 Å². The number of benzene rings is 1. The molecule has 0 radical (unpaired) electrons. The lowest BCUT2D eigenvalue weighted by atomic mass is 9.85. The minimum atomic E-state index is -0.364. The first kappa shape index (κ1) is 12.7. The summed E-state index contributed by atoms with van der Waals surface area (Å²) in [5, 5.41) is 9.96. The average molecular weight is 300 g/mol. The predicted octanol–water partition coefficient (Wildman–Crippen LogP) is 3.20. The van der Waals surface area contributed by atoms with Crippen molar-refractivity contribution < 1.29 is 9.84 Å². The predicted molar refractivity (Wildman–Crippen MR) is 71.4 cm³/mol. The van der Waals surface area contributed by atoms with Crippen molar-refractivity contribution in [2.75, 3.05) is 7.11 Å². The van der Waals surface area contributed by atoms with Crippen LogP contribution >= 0.6 is 15.9 Å². The standard InChI is InChI=1S/C13H18BrNO2/c1-8-9(14)7-10(16)12(17-2)11(8)13(15)5-3-4-6-13/h7,16H,3-6,15H2,1-2H3. The van der Waals surface area contributed by atoms with Crippen LogP contribution < -0.4 is 10.5 Å². The Balaban J connectivity index is 2.65. The van der Waals surface area contributed by atoms with E-state index in [1.165, 1.54) is 0 Å². The van der Waals surface area contributed by atoms with E-state index in [1.807, 2.05) is 6.92 Å². The van der Waals surface area contributed by atoms with Crippen LogP contribution in [0.25, 0.3) is 0 Å². The van der Waals surface area contributed by atoms with E-state index >= 15 is 0 Å². The van der Waals surface area contributed by atoms with Crippen molar-refractivity contribution in [1.82, 2.24) is 0 Å². The molecule has 0 spiro atoms. The highest BCUT2D eigenvalue weighted by molar-refractivity contribution is 9.10. The summed E-state index contributed by atoms with van der Waals surface area (Å²) in [5.74, 6) is 0.673. The second-order valence-electron chi connectivity index (χ2n) is 4.77. The molecule has 0 atom stereocenters. The average Bonchev–Trinajstić information content (AvgIpc) is 2.71. The Morgan fingerprint density at radius 1 is 1.41 bits per heavy atom. The maximum atomic E-state index is 9.96. The Bertz CT molecular complexity index is 440. The normalized spacial score (nSPS) is 18.4. The van der Waals surface area contributed by atoms with Gasteiger partial charge in [-0.1, -0.05) is 28.8 Å². The molecule has 0 aromatic heterocycles. The molecule has 0 saturated heterocycles. The highest BCUT2D eigenvalue weighted by atomic mass is 79.9. The fraction of sp³-hybridized carbons (Fsp3) is 0.538. The molecule has 3 nitrogen and oxygen atoms in total. The maximum absolute atomic E-state index is 9.96. The number of methoxy groups -OCH3 is 1. The third kappa shape index (κ3) is 2.04. The number of nitrogens with two attached hydrogens (primary N) is 1. The summed E-state index contributed by atoms with van der Waals surface area (Å²) in [7, 11) is 1.57. The Morgan fingerprint density at radius 2 is 2.00 bits per heavy atom. The van der Waals surface area contributed by atoms with Crippen LogP contribution in [0, 0.1) is 6.92 Å². The number of aromatic hydroxyl groups is 1. The minimum absolute atomic E-state index is 0.150. The molecule has 1 aliphatic rings. The van der Waals surface area contributed by atoms with E-state index in [-0.39, 0.29) is 11.3 Å². The molecule has 4 heteroatoms. The molecule has 3 N–H and O–H groups in total. The Kier molecular flexibility index (Phi) is 3.36. The van der Waals surface area contributed by atoms with E-state index in [9.17, 15) is 5.11 Å². The zero-order chi connectivity index (χ0) is 12.6. The molecule has 1 aliphatic carbocycles. The molecule has 2 rings (SSSR count). The van der Waals surface area contributed by atoms with E-state index in [2.05, 4.69) is 15.9 Å². The maximum Gasteiger partial charge on any atom is 0.165 e. The van der Waals surface area contributed by atoms with Gasteiger partial charge < -0.3 is 15.6 Å². The number of phenols is 1. The lowest BCUT2D eigenvalue weighted by Crippen LogP contribution is -2.34. The van der Waals surface area contributed by atoms with Crippen molar-refractivity contribution in [3.8, 4) is 11.5 Å². The summed E-state index contributed by atoms with van der Waals surface area (Å²) in [6.07, 6.45) is 4.15. The number of halogens is 1. The van der Waals surface area contributed by atoms with E-state index in [1.54, 1.807) is 13.2 Å². The number of hydrogen-bond donors (Lipinski definition) is 2. The van der Waals surface area contributed by atoms with Gasteiger partial charge in [0, 0.05) is 15.6 Å². The highest BCUT2D eigenvalue weighted by Crippen LogP contribution is 2.47. The van der Waals surface area contributed by atoms with Gasteiger partial charge in [0.1, 0.15) is 0 Å². The third-order valence-corrected chi connectivity index (χ3v) is 4.48. The van der Waals surface area contributed by atoms with Crippen molar-refractivity contribution in [1.29, 1.82) is 0 Å². The Labute approximate surface area is 110 Å². The smallest absolute Gasteiger partial charge is 0.165 e. The van der Waals surface area contributed by atoms with Gasteiger partial charge in [0.25, 0.3) is 0 Å². The zero-order valence-electron chi connectivity index (χ0n) is 10.2. The molecule has 0 heterocycles. The van der Waals surface area contributed by atoms with Crippen LogP contribution in [0.1, 0.15) is 36.8 Å². The van der Waals surface area contributed by atoms with E-state index in [4.69, 9.17) is 10.5 Å². The van der Waals surface area contributed by atoms with Crippen LogP contribution in [-0.4, -0.2) is 12.2 Å². The number of rotatable bonds is 2. The van der Waals surface area contributed by atoms with Gasteiger partial charge in [-0.05, 0) is 31.4 Å². The summed E-state index contributed by atoms with van der Waals surface area (Å²) in [4.78, 5) is 0. The molecule has 1 fully saturated rings. The van der Waals surface area contributed by atoms with Gasteiger partial charge in [0.05, 0.1) is 7.11 Å². The zero-order valence-corrected chi connectivity index (χ0v) is 11.8. The molecule has 1 aromatic carbocycles. The Hall–Kier alpha value is -0.740. The molecule has 94 valence electrons. The van der Waals surface area contributed by atoms with Crippen LogP contribution in [0.2, 0.25) is 0 Å². The van der Waals surface area contributed by atoms with E-state index in [0.29, 0.717) is 5.75 Å². The van der Waals surface area contributed by atoms with Gasteiger partial charge >= 0.3 is 0 Å². The first-order valence-corrected chi connectivity index (χ1v) is 6.64. The monoisotopic (exact) mass is 299 g/mol. The number of phenolic OH excluding ortho intramolecular Hbond substituents is 1.